The van der Waals surface area contributed by atoms with Crippen molar-refractivity contribution >= 4 is 34.6 Å². The summed E-state index contributed by atoms with van der Waals surface area (Å²) in [5, 5.41) is 3.92. The zero-order valence-electron chi connectivity index (χ0n) is 17.2. The lowest BCUT2D eigenvalue weighted by Crippen LogP contribution is -2.43. The van der Waals surface area contributed by atoms with E-state index in [0.29, 0.717) is 29.1 Å². The van der Waals surface area contributed by atoms with Crippen LogP contribution < -0.4 is 4.90 Å². The maximum Gasteiger partial charge on any atom is 0.417 e. The highest BCUT2D eigenvalue weighted by molar-refractivity contribution is 6.31. The minimum Gasteiger partial charge on any atom is -0.305 e. The molecule has 168 valence electrons. The first-order valence-electron chi connectivity index (χ1n) is 10.0. The van der Waals surface area contributed by atoms with Gasteiger partial charge in [-0.2, -0.15) is 18.3 Å². The van der Waals surface area contributed by atoms with Gasteiger partial charge in [-0.3, -0.25) is 24.4 Å². The monoisotopic (exact) mass is 472 g/mol. The quantitative estimate of drug-likeness (QED) is 0.548. The largest absolute Gasteiger partial charge is 0.417 e. The highest BCUT2D eigenvalue weighted by atomic mass is 35.5. The summed E-state index contributed by atoms with van der Waals surface area (Å²) < 4.78 is 40.9. The van der Waals surface area contributed by atoms with Gasteiger partial charge >= 0.3 is 6.18 Å². The molecule has 1 aromatic carbocycles. The van der Waals surface area contributed by atoms with E-state index < -0.39 is 16.8 Å². The van der Waals surface area contributed by atoms with Crippen LogP contribution in [-0.4, -0.2) is 37.9 Å². The van der Waals surface area contributed by atoms with E-state index in [1.54, 1.807) is 29.5 Å². The zero-order valence-corrected chi connectivity index (χ0v) is 18.0. The highest BCUT2D eigenvalue weighted by Crippen LogP contribution is 2.38. The molecule has 7 nitrogen and oxygen atoms in total. The Hall–Kier alpha value is -3.53. The summed E-state index contributed by atoms with van der Waals surface area (Å²) in [6.07, 6.45) is 4.19. The van der Waals surface area contributed by atoms with Crippen LogP contribution in [-0.2, 0) is 6.18 Å². The molecule has 0 radical (unpaired) electrons. The summed E-state index contributed by atoms with van der Waals surface area (Å²) in [6, 6.07) is 3.10. The lowest BCUT2D eigenvalue weighted by atomic mass is 10.1. The number of aliphatic imine (C=N–C) groups is 1. The van der Waals surface area contributed by atoms with Gasteiger partial charge in [0.05, 0.1) is 46.0 Å². The molecule has 11 heteroatoms. The average Bonchev–Trinajstić information content (AvgIpc) is 3.43. The second-order valence-corrected chi connectivity index (χ2v) is 8.13. The van der Waals surface area contributed by atoms with E-state index in [9.17, 15) is 18.0 Å². The first-order valence-corrected chi connectivity index (χ1v) is 10.4. The van der Waals surface area contributed by atoms with Crippen LogP contribution in [0.5, 0.6) is 0 Å². The number of carbonyl (C=O) groups excluding carboxylic acids is 1. The second kappa shape index (κ2) is 7.80. The Kier molecular flexibility index (Phi) is 5.04. The number of hydrogen-bond donors (Lipinski definition) is 0. The van der Waals surface area contributed by atoms with E-state index in [1.807, 2.05) is 13.0 Å². The normalized spacial score (nSPS) is 18.3. The number of allylic oxidation sites excluding steroid dienone is 1. The lowest BCUT2D eigenvalue weighted by molar-refractivity contribution is -0.137. The molecule has 3 aromatic rings. The zero-order chi connectivity index (χ0) is 23.3. The Morgan fingerprint density at radius 2 is 2.00 bits per heavy atom. The molecule has 0 saturated carbocycles. The molecule has 2 aromatic heterocycles. The van der Waals surface area contributed by atoms with E-state index in [2.05, 4.69) is 20.1 Å². The Bertz CT molecular complexity index is 1320. The molecule has 0 bridgehead atoms. The fraction of sp³-hybridized carbons (Fsp3) is 0.227. The number of carbonyl (C=O) groups is 1. The number of benzene rings is 1. The first-order chi connectivity index (χ1) is 15.7. The van der Waals surface area contributed by atoms with Crippen LogP contribution >= 0.6 is 11.6 Å². The van der Waals surface area contributed by atoms with Gasteiger partial charge in [-0.1, -0.05) is 17.7 Å². The molecule has 0 fully saturated rings. The summed E-state index contributed by atoms with van der Waals surface area (Å²) in [7, 11) is 0. The van der Waals surface area contributed by atoms with Crippen molar-refractivity contribution in [3.63, 3.8) is 0 Å². The summed E-state index contributed by atoms with van der Waals surface area (Å²) >= 11 is 5.89. The van der Waals surface area contributed by atoms with Crippen molar-refractivity contribution in [1.29, 1.82) is 0 Å². The number of nitrogens with zero attached hydrogens (tertiary/aromatic N) is 6. The van der Waals surface area contributed by atoms with E-state index >= 15 is 0 Å². The Morgan fingerprint density at radius 3 is 2.70 bits per heavy atom. The molecule has 33 heavy (non-hydrogen) atoms. The third-order valence-corrected chi connectivity index (χ3v) is 5.87. The van der Waals surface area contributed by atoms with Crippen LogP contribution in [0.4, 0.5) is 18.9 Å². The van der Waals surface area contributed by atoms with Gasteiger partial charge in [0, 0.05) is 31.0 Å². The predicted octanol–water partition coefficient (Wildman–Crippen LogP) is 4.80. The molecule has 1 atom stereocenters. The van der Waals surface area contributed by atoms with Crippen LogP contribution in [0.2, 0.25) is 5.02 Å². The standard InChI is InChI=1S/C22H16ClF3N6O/c1-12-11-31(13-2-3-15(16(23)8-13)22(24,25)26)21(33)20-14(9-29-32(12)20)17-4-5-18(30-17)19-10-27-6-7-28-19/h2-4,6-10,12H,5,11H2,1H3/t12-/m0/s1. The van der Waals surface area contributed by atoms with Gasteiger partial charge < -0.3 is 4.90 Å². The van der Waals surface area contributed by atoms with Gasteiger partial charge in [-0.15, -0.1) is 0 Å². The molecule has 1 amide bonds. The van der Waals surface area contributed by atoms with E-state index in [0.717, 1.165) is 11.8 Å². The molecule has 0 aliphatic carbocycles. The van der Waals surface area contributed by atoms with Crippen molar-refractivity contribution in [1.82, 2.24) is 19.7 Å². The Labute approximate surface area is 191 Å². The van der Waals surface area contributed by atoms with Crippen LogP contribution in [0.15, 0.2) is 54.1 Å². The van der Waals surface area contributed by atoms with Gasteiger partial charge in [-0.25, -0.2) is 0 Å². The fourth-order valence-corrected chi connectivity index (χ4v) is 4.27. The number of hydrogen-bond acceptors (Lipinski definition) is 5. The third kappa shape index (κ3) is 3.70. The van der Waals surface area contributed by atoms with E-state index in [4.69, 9.17) is 11.6 Å². The maximum absolute atomic E-state index is 13.4. The van der Waals surface area contributed by atoms with Gasteiger partial charge in [0.2, 0.25) is 0 Å². The fourth-order valence-electron chi connectivity index (χ4n) is 3.98. The Balaban J connectivity index is 1.50. The van der Waals surface area contributed by atoms with Crippen molar-refractivity contribution in [2.75, 3.05) is 11.4 Å². The van der Waals surface area contributed by atoms with Crippen molar-refractivity contribution < 1.29 is 18.0 Å². The maximum atomic E-state index is 13.4. The number of fused-ring (bicyclic) bond motifs is 1. The van der Waals surface area contributed by atoms with Crippen LogP contribution in [0.3, 0.4) is 0 Å². The SMILES string of the molecule is C[C@H]1CN(c2ccc(C(F)(F)F)c(Cl)c2)C(=O)c2c(C3=CCC(c4cnccn4)=N3)cnn21. The summed E-state index contributed by atoms with van der Waals surface area (Å²) in [4.78, 5) is 27.8. The van der Waals surface area contributed by atoms with Gasteiger partial charge in [0.15, 0.2) is 0 Å². The molecular weight excluding hydrogens is 457 g/mol. The topological polar surface area (TPSA) is 76.3 Å². The number of amides is 1. The van der Waals surface area contributed by atoms with E-state index in [-0.39, 0.29) is 24.2 Å². The molecule has 5 rings (SSSR count). The molecule has 4 heterocycles. The highest BCUT2D eigenvalue weighted by Gasteiger charge is 2.37. The van der Waals surface area contributed by atoms with Gasteiger partial charge in [-0.05, 0) is 25.1 Å². The average molecular weight is 473 g/mol. The van der Waals surface area contributed by atoms with Gasteiger partial charge in [0.25, 0.3) is 5.91 Å². The van der Waals surface area contributed by atoms with Crippen molar-refractivity contribution in [3.05, 3.63) is 76.6 Å². The van der Waals surface area contributed by atoms with Crippen molar-refractivity contribution in [2.24, 2.45) is 4.99 Å². The minimum absolute atomic E-state index is 0.210. The molecular formula is C22H16ClF3N6O. The molecule has 0 spiro atoms. The molecule has 0 saturated heterocycles. The number of alkyl halides is 3. The second-order valence-electron chi connectivity index (χ2n) is 7.72. The molecule has 2 aliphatic heterocycles. The summed E-state index contributed by atoms with van der Waals surface area (Å²) in [5.74, 6) is -0.388. The number of anilines is 1. The summed E-state index contributed by atoms with van der Waals surface area (Å²) in [6.45, 7) is 2.12. The first kappa shape index (κ1) is 21.3. The van der Waals surface area contributed by atoms with Crippen LogP contribution in [0.25, 0.3) is 5.70 Å². The smallest absolute Gasteiger partial charge is 0.305 e. The molecule has 2 aliphatic rings. The Morgan fingerprint density at radius 1 is 1.18 bits per heavy atom. The predicted molar refractivity (Wildman–Crippen MR) is 116 cm³/mol. The van der Waals surface area contributed by atoms with E-state index in [1.165, 1.54) is 17.0 Å². The number of aromatic nitrogens is 4. The molecule has 0 unspecified atom stereocenters. The lowest BCUT2D eigenvalue weighted by Gasteiger charge is -2.32. The van der Waals surface area contributed by atoms with Crippen LogP contribution in [0.1, 0.15) is 46.7 Å². The molecule has 0 N–H and O–H groups in total. The van der Waals surface area contributed by atoms with Crippen molar-refractivity contribution in [2.45, 2.75) is 25.6 Å². The number of halogens is 4. The third-order valence-electron chi connectivity index (χ3n) is 5.56. The van der Waals surface area contributed by atoms with Gasteiger partial charge in [0.1, 0.15) is 11.4 Å². The van der Waals surface area contributed by atoms with Crippen LogP contribution in [0, 0.1) is 0 Å². The number of rotatable bonds is 3. The van der Waals surface area contributed by atoms with Crippen molar-refractivity contribution in [3.8, 4) is 0 Å². The summed E-state index contributed by atoms with van der Waals surface area (Å²) in [5.41, 5.74) is 2.16. The minimum atomic E-state index is -4.58.